The Balaban J connectivity index is 1.74. The van der Waals surface area contributed by atoms with Crippen LogP contribution in [-0.4, -0.2) is 44.6 Å². The molecule has 0 spiro atoms. The predicted molar refractivity (Wildman–Crippen MR) is 95.7 cm³/mol. The Morgan fingerprint density at radius 2 is 1.85 bits per heavy atom. The van der Waals surface area contributed by atoms with Crippen molar-refractivity contribution in [3.8, 4) is 0 Å². The number of carboxylic acid groups (broad SMARTS) is 1. The molecule has 4 aliphatic carbocycles. The highest BCUT2D eigenvalue weighted by Gasteiger charge is 2.69. The Morgan fingerprint density at radius 1 is 1.15 bits per heavy atom. The highest BCUT2D eigenvalue weighted by Crippen LogP contribution is 2.67. The number of carbonyl (C=O) groups is 3. The molecule has 7 unspecified atom stereocenters. The quantitative estimate of drug-likeness (QED) is 0.635. The van der Waals surface area contributed by atoms with Crippen LogP contribution in [0.25, 0.3) is 0 Å². The second-order valence-corrected chi connectivity index (χ2v) is 9.61. The van der Waals surface area contributed by atoms with Crippen molar-refractivity contribution in [3.63, 3.8) is 0 Å². The van der Waals surface area contributed by atoms with Gasteiger partial charge < -0.3 is 15.3 Å². The van der Waals surface area contributed by atoms with Crippen molar-refractivity contribution in [3.05, 3.63) is 11.6 Å². The van der Waals surface area contributed by atoms with Gasteiger partial charge in [-0.2, -0.15) is 0 Å². The maximum atomic E-state index is 12.3. The topological polar surface area (TPSA) is 112 Å². The summed E-state index contributed by atoms with van der Waals surface area (Å²) in [6, 6.07) is 0. The van der Waals surface area contributed by atoms with Gasteiger partial charge in [0.15, 0.2) is 5.78 Å². The van der Waals surface area contributed by atoms with Crippen molar-refractivity contribution in [1.82, 2.24) is 0 Å². The first kappa shape index (κ1) is 18.8. The summed E-state index contributed by atoms with van der Waals surface area (Å²) in [5.74, 6) is -2.52. The smallest absolute Gasteiger partial charge is 0.375 e. The minimum absolute atomic E-state index is 0.00444. The molecular weight excluding hydrogens is 348 g/mol. The molecule has 0 aromatic rings. The van der Waals surface area contributed by atoms with Crippen LogP contribution < -0.4 is 0 Å². The molecule has 148 valence electrons. The number of allylic oxidation sites excluding steroid dienone is 1. The van der Waals surface area contributed by atoms with Crippen molar-refractivity contribution < 1.29 is 29.7 Å². The van der Waals surface area contributed by atoms with Gasteiger partial charge in [0.25, 0.3) is 5.78 Å². The van der Waals surface area contributed by atoms with E-state index in [1.54, 1.807) is 13.0 Å². The van der Waals surface area contributed by atoms with Crippen LogP contribution >= 0.6 is 0 Å². The SMILES string of the molecule is CC12CCC(=O)C=C1CCC1C2C(O)CC2(C)C1CCC2(O)C(=O)C(=O)O. The van der Waals surface area contributed by atoms with Crippen molar-refractivity contribution in [2.24, 2.45) is 28.6 Å². The number of carbonyl (C=O) groups excluding carboxylic acids is 2. The molecule has 7 atom stereocenters. The largest absolute Gasteiger partial charge is 0.475 e. The summed E-state index contributed by atoms with van der Waals surface area (Å²) >= 11 is 0. The number of rotatable bonds is 2. The van der Waals surface area contributed by atoms with E-state index in [-0.39, 0.29) is 41.8 Å². The van der Waals surface area contributed by atoms with Crippen molar-refractivity contribution in [2.45, 2.75) is 70.5 Å². The number of hydrogen-bond donors (Lipinski definition) is 3. The zero-order chi connectivity index (χ0) is 19.8. The van der Waals surface area contributed by atoms with Crippen LogP contribution in [0.4, 0.5) is 0 Å². The molecule has 0 amide bonds. The Bertz CT molecular complexity index is 756. The second kappa shape index (κ2) is 5.74. The second-order valence-electron chi connectivity index (χ2n) is 9.61. The van der Waals surface area contributed by atoms with Crippen molar-refractivity contribution in [2.75, 3.05) is 0 Å². The summed E-state index contributed by atoms with van der Waals surface area (Å²) < 4.78 is 0. The van der Waals surface area contributed by atoms with Crippen molar-refractivity contribution in [1.29, 1.82) is 0 Å². The van der Waals surface area contributed by atoms with Gasteiger partial charge in [0.2, 0.25) is 0 Å². The zero-order valence-electron chi connectivity index (χ0n) is 15.9. The molecule has 0 bridgehead atoms. The maximum Gasteiger partial charge on any atom is 0.375 e. The molecule has 0 aliphatic heterocycles. The Hall–Kier alpha value is -1.53. The first-order valence-corrected chi connectivity index (χ1v) is 9.96. The third kappa shape index (κ3) is 2.29. The van der Waals surface area contributed by atoms with Gasteiger partial charge in [-0.25, -0.2) is 4.79 Å². The lowest BCUT2D eigenvalue weighted by Gasteiger charge is -2.60. The molecule has 3 N–H and O–H groups in total. The molecule has 0 saturated heterocycles. The van der Waals surface area contributed by atoms with E-state index in [0.717, 1.165) is 24.8 Å². The summed E-state index contributed by atoms with van der Waals surface area (Å²) in [5, 5.41) is 31.5. The van der Waals surface area contributed by atoms with Gasteiger partial charge in [0.1, 0.15) is 5.60 Å². The number of Topliss-reactive ketones (excluding diaryl/α,β-unsaturated/α-hetero) is 1. The fourth-order valence-corrected chi connectivity index (χ4v) is 7.24. The van der Waals surface area contributed by atoms with Crippen LogP contribution in [0, 0.1) is 28.6 Å². The highest BCUT2D eigenvalue weighted by molar-refractivity contribution is 6.36. The monoisotopic (exact) mass is 376 g/mol. The standard InChI is InChI=1S/C21H28O6/c1-19-7-5-12(22)9-11(19)3-4-13-14-6-8-21(27,17(24)18(25)26)20(14,2)10-15(23)16(13)19/h9,13-16,23,27H,3-8,10H2,1-2H3,(H,25,26). The van der Waals surface area contributed by atoms with Gasteiger partial charge in [0, 0.05) is 11.8 Å². The highest BCUT2D eigenvalue weighted by atomic mass is 16.4. The zero-order valence-corrected chi connectivity index (χ0v) is 15.9. The predicted octanol–water partition coefficient (Wildman–Crippen LogP) is 1.87. The van der Waals surface area contributed by atoms with Gasteiger partial charge in [0.05, 0.1) is 6.10 Å². The fourth-order valence-electron chi connectivity index (χ4n) is 7.24. The van der Waals surface area contributed by atoms with E-state index >= 15 is 0 Å². The number of fused-ring (bicyclic) bond motifs is 5. The molecule has 0 aromatic carbocycles. The van der Waals surface area contributed by atoms with Gasteiger partial charge in [-0.15, -0.1) is 0 Å². The van der Waals surface area contributed by atoms with Crippen LogP contribution in [0.5, 0.6) is 0 Å². The lowest BCUT2D eigenvalue weighted by Crippen LogP contribution is -2.62. The minimum atomic E-state index is -1.92. The van der Waals surface area contributed by atoms with Gasteiger partial charge in [-0.3, -0.25) is 9.59 Å². The van der Waals surface area contributed by atoms with E-state index in [1.165, 1.54) is 0 Å². The number of aliphatic hydroxyl groups excluding tert-OH is 1. The molecule has 4 rings (SSSR count). The molecule has 0 aromatic heterocycles. The number of aliphatic carboxylic acids is 1. The molecular formula is C21H28O6. The minimum Gasteiger partial charge on any atom is -0.475 e. The lowest BCUT2D eigenvalue weighted by atomic mass is 9.45. The third-order valence-electron chi connectivity index (χ3n) is 8.62. The average molecular weight is 376 g/mol. The summed E-state index contributed by atoms with van der Waals surface area (Å²) in [4.78, 5) is 35.6. The van der Waals surface area contributed by atoms with Crippen LogP contribution in [-0.2, 0) is 14.4 Å². The number of hydrogen-bond acceptors (Lipinski definition) is 5. The van der Waals surface area contributed by atoms with Crippen LogP contribution in [0.15, 0.2) is 11.6 Å². The Kier molecular flexibility index (Phi) is 4.00. The van der Waals surface area contributed by atoms with Gasteiger partial charge in [-0.05, 0) is 67.8 Å². The molecule has 27 heavy (non-hydrogen) atoms. The van der Waals surface area contributed by atoms with Crippen molar-refractivity contribution >= 4 is 17.5 Å². The molecule has 0 radical (unpaired) electrons. The molecule has 6 heteroatoms. The average Bonchev–Trinajstić information content (AvgIpc) is 2.86. The van der Waals surface area contributed by atoms with E-state index in [0.29, 0.717) is 12.8 Å². The molecule has 3 fully saturated rings. The number of aliphatic hydroxyl groups is 2. The first-order valence-electron chi connectivity index (χ1n) is 9.96. The Morgan fingerprint density at radius 3 is 2.52 bits per heavy atom. The van der Waals surface area contributed by atoms with Gasteiger partial charge in [-0.1, -0.05) is 19.4 Å². The van der Waals surface area contributed by atoms with Crippen LogP contribution in [0.1, 0.15) is 58.8 Å². The number of ketones is 2. The Labute approximate surface area is 158 Å². The lowest BCUT2D eigenvalue weighted by molar-refractivity contribution is -0.186. The van der Waals surface area contributed by atoms with Crippen LogP contribution in [0.2, 0.25) is 0 Å². The molecule has 0 heterocycles. The summed E-state index contributed by atoms with van der Waals surface area (Å²) in [6.45, 7) is 3.92. The van der Waals surface area contributed by atoms with E-state index in [1.807, 2.05) is 0 Å². The molecule has 6 nitrogen and oxygen atoms in total. The fraction of sp³-hybridized carbons (Fsp3) is 0.762. The third-order valence-corrected chi connectivity index (χ3v) is 8.62. The number of carboxylic acids is 1. The van der Waals surface area contributed by atoms with E-state index in [2.05, 4.69) is 6.92 Å². The van der Waals surface area contributed by atoms with E-state index < -0.39 is 28.9 Å². The van der Waals surface area contributed by atoms with Crippen LogP contribution in [0.3, 0.4) is 0 Å². The summed E-state index contributed by atoms with van der Waals surface area (Å²) in [6.07, 6.45) is 4.76. The van der Waals surface area contributed by atoms with E-state index in [9.17, 15) is 29.7 Å². The first-order chi connectivity index (χ1) is 12.5. The molecule has 4 aliphatic rings. The molecule has 3 saturated carbocycles. The normalized spacial score (nSPS) is 48.9. The summed E-state index contributed by atoms with van der Waals surface area (Å²) in [7, 11) is 0. The summed E-state index contributed by atoms with van der Waals surface area (Å²) in [5.41, 5.74) is -1.98. The van der Waals surface area contributed by atoms with E-state index in [4.69, 9.17) is 0 Å². The maximum absolute atomic E-state index is 12.3. The van der Waals surface area contributed by atoms with Gasteiger partial charge >= 0.3 is 5.97 Å².